The molecule has 204 valence electrons. The fourth-order valence-electron chi connectivity index (χ4n) is 3.66. The minimum absolute atomic E-state index is 0.0517. The molecule has 0 radical (unpaired) electrons. The van der Waals surface area contributed by atoms with Crippen LogP contribution in [0.5, 0.6) is 11.5 Å². The maximum Gasteiger partial charge on any atom is 0.427 e. The first-order chi connectivity index (χ1) is 19.0. The number of sulfonamides is 1. The van der Waals surface area contributed by atoms with Gasteiger partial charge < -0.3 is 9.84 Å². The summed E-state index contributed by atoms with van der Waals surface area (Å²) in [6, 6.07) is 5.83. The highest BCUT2D eigenvalue weighted by Crippen LogP contribution is 2.39. The molecule has 5 rings (SSSR count). The standard InChI is InChI=1S/C24H15ClF2N6O5S2/c1-32-10-14(8-31-32)15-5-18(13-2-3-28-22(27)4-13)29-9-20(15)38-19-7-17(26)21(6-16(19)25)40(36,37)33(24(34)35)23-11-39-12-30-23/h2-12H,1H3,(H,34,35). The maximum absolute atomic E-state index is 15.2. The van der Waals surface area contributed by atoms with Gasteiger partial charge in [0.25, 0.3) is 10.0 Å². The second-order valence-corrected chi connectivity index (χ2v) is 10.9. The fourth-order valence-corrected chi connectivity index (χ4v) is 5.84. The van der Waals surface area contributed by atoms with Crippen molar-refractivity contribution in [3.05, 3.63) is 82.8 Å². The Morgan fingerprint density at radius 2 is 1.90 bits per heavy atom. The number of pyridine rings is 2. The van der Waals surface area contributed by atoms with E-state index < -0.39 is 38.6 Å². The van der Waals surface area contributed by atoms with Crippen molar-refractivity contribution in [2.75, 3.05) is 4.31 Å². The van der Waals surface area contributed by atoms with E-state index in [-0.39, 0.29) is 20.8 Å². The number of thiazole rings is 1. The highest BCUT2D eigenvalue weighted by Gasteiger charge is 2.35. The second kappa shape index (κ2) is 10.6. The van der Waals surface area contributed by atoms with Gasteiger partial charge in [0.15, 0.2) is 11.6 Å². The van der Waals surface area contributed by atoms with Gasteiger partial charge in [-0.15, -0.1) is 15.6 Å². The van der Waals surface area contributed by atoms with Crippen LogP contribution in [0.4, 0.5) is 19.4 Å². The first kappa shape index (κ1) is 27.1. The fraction of sp³-hybridized carbons (Fsp3) is 0.0417. The average Bonchev–Trinajstić information content (AvgIpc) is 3.58. The summed E-state index contributed by atoms with van der Waals surface area (Å²) in [5.41, 5.74) is 3.05. The summed E-state index contributed by atoms with van der Waals surface area (Å²) in [5, 5.41) is 14.5. The third-order valence-corrected chi connectivity index (χ3v) is 7.99. The van der Waals surface area contributed by atoms with Crippen LogP contribution < -0.4 is 9.04 Å². The zero-order valence-electron chi connectivity index (χ0n) is 20.1. The van der Waals surface area contributed by atoms with E-state index in [1.165, 1.54) is 40.2 Å². The SMILES string of the molecule is Cn1cc(-c2cc(-c3ccnc(F)c3)ncc2Oc2cc(F)c(S(=O)(=O)N(C(=O)O)c3cscn3)cc2Cl)cn1. The largest absolute Gasteiger partial charge is 0.464 e. The number of halogens is 3. The molecule has 0 aliphatic rings. The smallest absolute Gasteiger partial charge is 0.427 e. The Bertz CT molecular complexity index is 1850. The van der Waals surface area contributed by atoms with Crippen LogP contribution in [0.15, 0.2) is 70.9 Å². The van der Waals surface area contributed by atoms with Gasteiger partial charge in [-0.1, -0.05) is 11.6 Å². The monoisotopic (exact) mass is 604 g/mol. The molecule has 1 aromatic carbocycles. The summed E-state index contributed by atoms with van der Waals surface area (Å²) in [5.74, 6) is -2.62. The lowest BCUT2D eigenvalue weighted by molar-refractivity contribution is 0.206. The van der Waals surface area contributed by atoms with E-state index in [0.717, 1.165) is 23.5 Å². The zero-order chi connectivity index (χ0) is 28.6. The minimum atomic E-state index is -4.95. The number of anilines is 1. The van der Waals surface area contributed by atoms with Gasteiger partial charge in [0.1, 0.15) is 16.5 Å². The predicted octanol–water partition coefficient (Wildman–Crippen LogP) is 5.60. The molecule has 0 aliphatic carbocycles. The third kappa shape index (κ3) is 5.21. The number of hydrogen-bond acceptors (Lipinski definition) is 9. The number of nitrogens with zero attached hydrogens (tertiary/aromatic N) is 6. The van der Waals surface area contributed by atoms with E-state index >= 15 is 4.39 Å². The Kier molecular flexibility index (Phi) is 7.18. The normalized spacial score (nSPS) is 11.4. The van der Waals surface area contributed by atoms with Gasteiger partial charge in [0.2, 0.25) is 5.95 Å². The second-order valence-electron chi connectivity index (χ2n) is 8.05. The van der Waals surface area contributed by atoms with Gasteiger partial charge in [0.05, 0.1) is 28.6 Å². The number of aryl methyl sites for hydroxylation is 1. The number of benzene rings is 1. The van der Waals surface area contributed by atoms with Crippen molar-refractivity contribution in [2.45, 2.75) is 4.90 Å². The first-order valence-electron chi connectivity index (χ1n) is 11.0. The van der Waals surface area contributed by atoms with Crippen LogP contribution in [0, 0.1) is 11.8 Å². The van der Waals surface area contributed by atoms with E-state index in [2.05, 4.69) is 20.1 Å². The van der Waals surface area contributed by atoms with Crippen molar-refractivity contribution in [3.63, 3.8) is 0 Å². The van der Waals surface area contributed by atoms with E-state index in [9.17, 15) is 22.7 Å². The van der Waals surface area contributed by atoms with Crippen LogP contribution in [0.3, 0.4) is 0 Å². The molecule has 0 aliphatic heterocycles. The van der Waals surface area contributed by atoms with Crippen LogP contribution in [0.1, 0.15) is 0 Å². The highest BCUT2D eigenvalue weighted by atomic mass is 35.5. The molecule has 16 heteroatoms. The molecular formula is C24H15ClF2N6O5S2. The summed E-state index contributed by atoms with van der Waals surface area (Å²) in [7, 11) is -3.25. The lowest BCUT2D eigenvalue weighted by Gasteiger charge is -2.18. The van der Waals surface area contributed by atoms with E-state index in [0.29, 0.717) is 22.4 Å². The van der Waals surface area contributed by atoms with Crippen LogP contribution in [-0.4, -0.2) is 44.3 Å². The minimum Gasteiger partial charge on any atom is -0.464 e. The van der Waals surface area contributed by atoms with Gasteiger partial charge in [-0.25, -0.2) is 27.6 Å². The zero-order valence-corrected chi connectivity index (χ0v) is 22.5. The Morgan fingerprint density at radius 3 is 2.55 bits per heavy atom. The first-order valence-corrected chi connectivity index (χ1v) is 13.7. The molecule has 0 fully saturated rings. The predicted molar refractivity (Wildman–Crippen MR) is 141 cm³/mol. The van der Waals surface area contributed by atoms with E-state index in [1.807, 2.05) is 0 Å². The van der Waals surface area contributed by atoms with Crippen LogP contribution >= 0.6 is 22.9 Å². The van der Waals surface area contributed by atoms with Gasteiger partial charge in [-0.3, -0.25) is 9.67 Å². The molecule has 0 saturated carbocycles. The Morgan fingerprint density at radius 1 is 1.10 bits per heavy atom. The average molecular weight is 605 g/mol. The van der Waals surface area contributed by atoms with E-state index in [4.69, 9.17) is 16.3 Å². The molecule has 4 aromatic heterocycles. The molecule has 0 spiro atoms. The topological polar surface area (TPSA) is 140 Å². The molecule has 40 heavy (non-hydrogen) atoms. The van der Waals surface area contributed by atoms with Crippen molar-refractivity contribution in [2.24, 2.45) is 7.05 Å². The molecule has 0 saturated heterocycles. The molecule has 0 atom stereocenters. The van der Waals surface area contributed by atoms with Crippen molar-refractivity contribution in [1.82, 2.24) is 24.7 Å². The lowest BCUT2D eigenvalue weighted by Crippen LogP contribution is -2.36. The van der Waals surface area contributed by atoms with Crippen molar-refractivity contribution >= 4 is 44.9 Å². The number of amides is 1. The molecule has 5 aromatic rings. The van der Waals surface area contributed by atoms with Crippen LogP contribution in [-0.2, 0) is 17.1 Å². The Labute approximate surface area is 234 Å². The maximum atomic E-state index is 15.2. The molecular weight excluding hydrogens is 590 g/mol. The van der Waals surface area contributed by atoms with Crippen LogP contribution in [0.2, 0.25) is 5.02 Å². The van der Waals surface area contributed by atoms with E-state index in [1.54, 1.807) is 25.4 Å². The van der Waals surface area contributed by atoms with Crippen molar-refractivity contribution in [3.8, 4) is 33.9 Å². The summed E-state index contributed by atoms with van der Waals surface area (Å²) in [6.07, 6.45) is 3.93. The molecule has 4 heterocycles. The summed E-state index contributed by atoms with van der Waals surface area (Å²) in [6.45, 7) is 0. The number of aromatic nitrogens is 5. The van der Waals surface area contributed by atoms with Gasteiger partial charge in [0, 0.05) is 53.6 Å². The summed E-state index contributed by atoms with van der Waals surface area (Å²) < 4.78 is 62.4. The number of ether oxygens (including phenoxy) is 1. The quantitative estimate of drug-likeness (QED) is 0.235. The van der Waals surface area contributed by atoms with Gasteiger partial charge in [-0.2, -0.15) is 9.49 Å². The number of carbonyl (C=O) groups is 1. The van der Waals surface area contributed by atoms with Crippen molar-refractivity contribution < 1.29 is 31.8 Å². The molecule has 1 amide bonds. The number of carboxylic acid groups (broad SMARTS) is 1. The molecule has 0 unspecified atom stereocenters. The molecule has 0 bridgehead atoms. The molecule has 1 N–H and O–H groups in total. The number of hydrogen-bond donors (Lipinski definition) is 1. The van der Waals surface area contributed by atoms with Gasteiger partial charge in [-0.05, 0) is 18.2 Å². The third-order valence-electron chi connectivity index (χ3n) is 5.43. The summed E-state index contributed by atoms with van der Waals surface area (Å²) >= 11 is 7.25. The summed E-state index contributed by atoms with van der Waals surface area (Å²) in [4.78, 5) is 22.3. The Hall–Kier alpha value is -4.47. The molecule has 11 nitrogen and oxygen atoms in total. The lowest BCUT2D eigenvalue weighted by atomic mass is 10.1. The Balaban J connectivity index is 1.56. The van der Waals surface area contributed by atoms with Gasteiger partial charge >= 0.3 is 6.09 Å². The number of rotatable bonds is 7. The highest BCUT2D eigenvalue weighted by molar-refractivity contribution is 7.93. The van der Waals surface area contributed by atoms with Crippen molar-refractivity contribution in [1.29, 1.82) is 0 Å². The van der Waals surface area contributed by atoms with Crippen LogP contribution in [0.25, 0.3) is 22.4 Å².